The van der Waals surface area contributed by atoms with Crippen LogP contribution < -0.4 is 5.56 Å². The van der Waals surface area contributed by atoms with Gasteiger partial charge in [-0.1, -0.05) is 45.8 Å². The molecule has 0 aliphatic heterocycles. The van der Waals surface area contributed by atoms with Crippen molar-refractivity contribution in [2.75, 3.05) is 0 Å². The zero-order chi connectivity index (χ0) is 13.4. The molecule has 0 saturated heterocycles. The molecule has 0 atom stereocenters. The Balaban J connectivity index is 2.31. The Labute approximate surface area is 118 Å². The van der Waals surface area contributed by atoms with Gasteiger partial charge in [0, 0.05) is 10.0 Å². The van der Waals surface area contributed by atoms with Gasteiger partial charge in [0.15, 0.2) is 0 Å². The number of nitrogens with zero attached hydrogens (tertiary/aromatic N) is 1. The van der Waals surface area contributed by atoms with Crippen LogP contribution in [0.3, 0.4) is 0 Å². The fourth-order valence-corrected chi connectivity index (χ4v) is 2.51. The molecule has 3 aromatic rings. The molecular weight excluding hydrogens is 304 g/mol. The van der Waals surface area contributed by atoms with E-state index in [0.29, 0.717) is 16.7 Å². The molecule has 1 heterocycles. The number of aromatic amines is 1. The zero-order valence-electron chi connectivity index (χ0n) is 10.3. The summed E-state index contributed by atoms with van der Waals surface area (Å²) in [7, 11) is 0. The monoisotopic (exact) mass is 314 g/mol. The molecule has 4 heteroatoms. The smallest absolute Gasteiger partial charge is 0.259 e. The summed E-state index contributed by atoms with van der Waals surface area (Å²) < 4.78 is 0.907. The summed E-state index contributed by atoms with van der Waals surface area (Å²) in [4.78, 5) is 19.5. The number of H-pyrrole nitrogens is 1. The van der Waals surface area contributed by atoms with E-state index in [-0.39, 0.29) is 5.56 Å². The van der Waals surface area contributed by atoms with Gasteiger partial charge in [0.2, 0.25) is 0 Å². The minimum atomic E-state index is -0.112. The lowest BCUT2D eigenvalue weighted by Gasteiger charge is -2.05. The highest BCUT2D eigenvalue weighted by atomic mass is 79.9. The predicted octanol–water partition coefficient (Wildman–Crippen LogP) is 3.66. The van der Waals surface area contributed by atoms with Crippen molar-refractivity contribution in [1.82, 2.24) is 9.97 Å². The molecule has 1 aromatic heterocycles. The van der Waals surface area contributed by atoms with Crippen LogP contribution in [-0.2, 0) is 0 Å². The van der Waals surface area contributed by atoms with Crippen LogP contribution in [-0.4, -0.2) is 9.97 Å². The van der Waals surface area contributed by atoms with Crippen LogP contribution >= 0.6 is 15.9 Å². The first-order valence-electron chi connectivity index (χ1n) is 5.91. The van der Waals surface area contributed by atoms with Gasteiger partial charge in [-0.2, -0.15) is 0 Å². The maximum atomic E-state index is 12.1. The van der Waals surface area contributed by atoms with E-state index in [2.05, 4.69) is 25.9 Å². The minimum Gasteiger partial charge on any atom is -0.306 e. The fraction of sp³-hybridized carbons (Fsp3) is 0.0667. The van der Waals surface area contributed by atoms with Gasteiger partial charge in [0.25, 0.3) is 5.56 Å². The van der Waals surface area contributed by atoms with Crippen LogP contribution in [0.2, 0.25) is 0 Å². The van der Waals surface area contributed by atoms with E-state index in [9.17, 15) is 4.79 Å². The van der Waals surface area contributed by atoms with Gasteiger partial charge in [0.1, 0.15) is 5.82 Å². The summed E-state index contributed by atoms with van der Waals surface area (Å²) in [6, 6.07) is 13.4. The Morgan fingerprint density at radius 2 is 1.95 bits per heavy atom. The maximum absolute atomic E-state index is 12.1. The number of aryl methyl sites for hydroxylation is 1. The molecule has 0 fully saturated rings. The molecule has 19 heavy (non-hydrogen) atoms. The Bertz CT molecular complexity index is 824. The minimum absolute atomic E-state index is 0.112. The highest BCUT2D eigenvalue weighted by Crippen LogP contribution is 2.25. The van der Waals surface area contributed by atoms with Crippen molar-refractivity contribution in [2.24, 2.45) is 0 Å². The summed E-state index contributed by atoms with van der Waals surface area (Å²) in [5, 5.41) is 0.621. The highest BCUT2D eigenvalue weighted by molar-refractivity contribution is 9.10. The van der Waals surface area contributed by atoms with Crippen LogP contribution in [0.4, 0.5) is 0 Å². The van der Waals surface area contributed by atoms with Gasteiger partial charge in [-0.15, -0.1) is 0 Å². The van der Waals surface area contributed by atoms with E-state index in [1.54, 1.807) is 0 Å². The van der Waals surface area contributed by atoms with E-state index in [1.807, 2.05) is 49.4 Å². The number of hydrogen-bond acceptors (Lipinski definition) is 2. The van der Waals surface area contributed by atoms with Crippen molar-refractivity contribution in [3.63, 3.8) is 0 Å². The van der Waals surface area contributed by atoms with Gasteiger partial charge in [-0.3, -0.25) is 4.79 Å². The van der Waals surface area contributed by atoms with Crippen LogP contribution in [0, 0.1) is 6.92 Å². The molecular formula is C15H11BrN2O. The summed E-state index contributed by atoms with van der Waals surface area (Å²) in [5.74, 6) is 0.578. The molecule has 0 aliphatic rings. The molecule has 2 aromatic carbocycles. The molecule has 0 amide bonds. The van der Waals surface area contributed by atoms with E-state index in [0.717, 1.165) is 15.6 Å². The fourth-order valence-electron chi connectivity index (χ4n) is 2.03. The highest BCUT2D eigenvalue weighted by Gasteiger charge is 2.08. The largest absolute Gasteiger partial charge is 0.306 e. The Morgan fingerprint density at radius 1 is 1.16 bits per heavy atom. The van der Waals surface area contributed by atoms with Crippen molar-refractivity contribution in [3.05, 3.63) is 62.9 Å². The van der Waals surface area contributed by atoms with E-state index in [1.165, 1.54) is 0 Å². The molecule has 3 rings (SSSR count). The van der Waals surface area contributed by atoms with Gasteiger partial charge >= 0.3 is 0 Å². The topological polar surface area (TPSA) is 45.8 Å². The lowest BCUT2D eigenvalue weighted by Crippen LogP contribution is -2.09. The first kappa shape index (κ1) is 12.1. The molecule has 0 bridgehead atoms. The van der Waals surface area contributed by atoms with Crippen LogP contribution in [0.25, 0.3) is 22.3 Å². The Hall–Kier alpha value is -1.94. The summed E-state index contributed by atoms with van der Waals surface area (Å²) in [5.41, 5.74) is 2.52. The van der Waals surface area contributed by atoms with Crippen LogP contribution in [0.15, 0.2) is 51.7 Å². The second kappa shape index (κ2) is 4.63. The zero-order valence-corrected chi connectivity index (χ0v) is 11.9. The van der Waals surface area contributed by atoms with Crippen molar-refractivity contribution in [1.29, 1.82) is 0 Å². The van der Waals surface area contributed by atoms with Crippen molar-refractivity contribution in [3.8, 4) is 11.4 Å². The second-order valence-electron chi connectivity index (χ2n) is 4.41. The third kappa shape index (κ3) is 2.19. The van der Waals surface area contributed by atoms with Gasteiger partial charge in [-0.25, -0.2) is 4.98 Å². The molecule has 94 valence electrons. The SMILES string of the molecule is Cc1ccc2nc(-c3ccccc3Br)[nH]c(=O)c2c1. The average Bonchev–Trinajstić information content (AvgIpc) is 2.40. The maximum Gasteiger partial charge on any atom is 0.259 e. The number of fused-ring (bicyclic) bond motifs is 1. The number of rotatable bonds is 1. The van der Waals surface area contributed by atoms with Gasteiger partial charge < -0.3 is 4.98 Å². The first-order chi connectivity index (χ1) is 9.15. The van der Waals surface area contributed by atoms with Crippen molar-refractivity contribution in [2.45, 2.75) is 6.92 Å². The number of hydrogen-bond donors (Lipinski definition) is 1. The number of benzene rings is 2. The van der Waals surface area contributed by atoms with Crippen LogP contribution in [0.5, 0.6) is 0 Å². The molecule has 0 radical (unpaired) electrons. The number of halogens is 1. The quantitative estimate of drug-likeness (QED) is 0.745. The Morgan fingerprint density at radius 3 is 2.74 bits per heavy atom. The molecule has 0 saturated carbocycles. The van der Waals surface area contributed by atoms with E-state index >= 15 is 0 Å². The third-order valence-electron chi connectivity index (χ3n) is 2.99. The lowest BCUT2D eigenvalue weighted by atomic mass is 10.1. The van der Waals surface area contributed by atoms with Crippen molar-refractivity contribution < 1.29 is 0 Å². The molecule has 0 aliphatic carbocycles. The van der Waals surface area contributed by atoms with E-state index in [4.69, 9.17) is 0 Å². The molecule has 0 spiro atoms. The second-order valence-corrected chi connectivity index (χ2v) is 5.27. The lowest BCUT2D eigenvalue weighted by molar-refractivity contribution is 1.17. The summed E-state index contributed by atoms with van der Waals surface area (Å²) in [6.07, 6.45) is 0. The number of nitrogens with one attached hydrogen (secondary N) is 1. The first-order valence-corrected chi connectivity index (χ1v) is 6.70. The average molecular weight is 315 g/mol. The Kier molecular flexibility index (Phi) is 2.95. The predicted molar refractivity (Wildman–Crippen MR) is 80.2 cm³/mol. The summed E-state index contributed by atoms with van der Waals surface area (Å²) >= 11 is 3.47. The van der Waals surface area contributed by atoms with Gasteiger partial charge in [0.05, 0.1) is 10.9 Å². The van der Waals surface area contributed by atoms with Crippen molar-refractivity contribution >= 4 is 26.8 Å². The molecule has 0 unspecified atom stereocenters. The number of aromatic nitrogens is 2. The molecule has 3 nitrogen and oxygen atoms in total. The molecule has 1 N–H and O–H groups in total. The third-order valence-corrected chi connectivity index (χ3v) is 3.68. The standard InChI is InChI=1S/C15H11BrN2O/c1-9-6-7-13-11(8-9)15(19)18-14(17-13)10-4-2-3-5-12(10)16/h2-8H,1H3,(H,17,18,19). The normalized spacial score (nSPS) is 10.8. The van der Waals surface area contributed by atoms with Crippen LogP contribution in [0.1, 0.15) is 5.56 Å². The van der Waals surface area contributed by atoms with Gasteiger partial charge in [-0.05, 0) is 25.1 Å². The van der Waals surface area contributed by atoms with E-state index < -0.39 is 0 Å². The summed E-state index contributed by atoms with van der Waals surface area (Å²) in [6.45, 7) is 1.96.